The molecular formula is C23H24FNO2S. The summed E-state index contributed by atoms with van der Waals surface area (Å²) < 4.78 is 18.7. The fourth-order valence-corrected chi connectivity index (χ4v) is 4.27. The van der Waals surface area contributed by atoms with Crippen LogP contribution >= 0.6 is 11.3 Å². The maximum Gasteiger partial charge on any atom is 0.315 e. The van der Waals surface area contributed by atoms with E-state index in [-0.39, 0.29) is 23.6 Å². The lowest BCUT2D eigenvalue weighted by molar-refractivity contribution is -0.145. The van der Waals surface area contributed by atoms with Gasteiger partial charge in [0.1, 0.15) is 16.7 Å². The molecule has 0 N–H and O–H groups in total. The van der Waals surface area contributed by atoms with Crippen LogP contribution in [0.25, 0.3) is 0 Å². The maximum atomic E-state index is 13.4. The molecule has 3 unspecified atom stereocenters. The number of rotatable bonds is 8. The van der Waals surface area contributed by atoms with Crippen molar-refractivity contribution in [3.05, 3.63) is 88.1 Å². The molecule has 3 atom stereocenters. The molecule has 0 spiro atoms. The molecule has 28 heavy (non-hydrogen) atoms. The standard InChI is InChI=1S/C23H24FNO2S/c1-3-27-23(26)21(22-25-13-14-28-22)15-20(18-7-5-4-6-8-18)16(2)17-9-11-19(24)12-10-17/h4-14,16,20-21H,3,15H2,1-2H3. The lowest BCUT2D eigenvalue weighted by Gasteiger charge is -2.28. The fraction of sp³-hybridized carbons (Fsp3) is 0.304. The van der Waals surface area contributed by atoms with E-state index in [4.69, 9.17) is 4.74 Å². The monoisotopic (exact) mass is 397 g/mol. The quantitative estimate of drug-likeness (QED) is 0.444. The van der Waals surface area contributed by atoms with Gasteiger partial charge in [0, 0.05) is 11.6 Å². The van der Waals surface area contributed by atoms with Crippen molar-refractivity contribution in [3.8, 4) is 0 Å². The normalized spacial score (nSPS) is 14.2. The highest BCUT2D eigenvalue weighted by Gasteiger charge is 2.31. The molecule has 1 heterocycles. The molecule has 0 saturated heterocycles. The predicted molar refractivity (Wildman–Crippen MR) is 110 cm³/mol. The van der Waals surface area contributed by atoms with E-state index in [1.807, 2.05) is 42.6 Å². The molecule has 0 bridgehead atoms. The van der Waals surface area contributed by atoms with Gasteiger partial charge in [-0.1, -0.05) is 49.4 Å². The van der Waals surface area contributed by atoms with Gasteiger partial charge in [0.25, 0.3) is 0 Å². The van der Waals surface area contributed by atoms with Crippen molar-refractivity contribution in [1.82, 2.24) is 4.98 Å². The third-order valence-corrected chi connectivity index (χ3v) is 5.93. The molecular weight excluding hydrogens is 373 g/mol. The average molecular weight is 398 g/mol. The highest BCUT2D eigenvalue weighted by Crippen LogP contribution is 2.40. The minimum absolute atomic E-state index is 0.0602. The summed E-state index contributed by atoms with van der Waals surface area (Å²) in [6, 6.07) is 16.7. The Morgan fingerprint density at radius 1 is 1.11 bits per heavy atom. The molecule has 2 aromatic carbocycles. The molecule has 0 aliphatic carbocycles. The zero-order chi connectivity index (χ0) is 19.9. The highest BCUT2D eigenvalue weighted by atomic mass is 32.1. The summed E-state index contributed by atoms with van der Waals surface area (Å²) in [5.41, 5.74) is 2.18. The Labute approximate surface area is 169 Å². The van der Waals surface area contributed by atoms with Crippen LogP contribution in [-0.4, -0.2) is 17.6 Å². The summed E-state index contributed by atoms with van der Waals surface area (Å²) in [6.07, 6.45) is 2.29. The minimum atomic E-state index is -0.423. The number of hydrogen-bond acceptors (Lipinski definition) is 4. The first-order valence-electron chi connectivity index (χ1n) is 9.46. The average Bonchev–Trinajstić information content (AvgIpc) is 3.24. The van der Waals surface area contributed by atoms with Crippen molar-refractivity contribution < 1.29 is 13.9 Å². The summed E-state index contributed by atoms with van der Waals surface area (Å²) in [4.78, 5) is 17.1. The molecule has 0 fully saturated rings. The molecule has 1 aromatic heterocycles. The van der Waals surface area contributed by atoms with Crippen molar-refractivity contribution in [2.24, 2.45) is 0 Å². The number of carbonyl (C=O) groups excluding carboxylic acids is 1. The van der Waals surface area contributed by atoms with E-state index in [0.717, 1.165) is 16.1 Å². The first kappa shape index (κ1) is 20.2. The van der Waals surface area contributed by atoms with Gasteiger partial charge in [-0.05, 0) is 48.4 Å². The number of hydrogen-bond donors (Lipinski definition) is 0. The number of halogens is 1. The van der Waals surface area contributed by atoms with Crippen molar-refractivity contribution in [3.63, 3.8) is 0 Å². The largest absolute Gasteiger partial charge is 0.465 e. The van der Waals surface area contributed by atoms with E-state index in [1.165, 1.54) is 23.5 Å². The SMILES string of the molecule is CCOC(=O)C(CC(c1ccccc1)C(C)c1ccc(F)cc1)c1nccs1. The molecule has 3 aromatic rings. The van der Waals surface area contributed by atoms with Crippen LogP contribution in [0.5, 0.6) is 0 Å². The lowest BCUT2D eigenvalue weighted by Crippen LogP contribution is -2.21. The van der Waals surface area contributed by atoms with E-state index in [2.05, 4.69) is 24.0 Å². The van der Waals surface area contributed by atoms with Crippen molar-refractivity contribution in [2.75, 3.05) is 6.61 Å². The summed E-state index contributed by atoms with van der Waals surface area (Å²) in [6.45, 7) is 4.27. The Balaban J connectivity index is 1.95. The third kappa shape index (κ3) is 4.84. The van der Waals surface area contributed by atoms with Gasteiger partial charge >= 0.3 is 5.97 Å². The van der Waals surface area contributed by atoms with Gasteiger partial charge in [-0.3, -0.25) is 4.79 Å². The number of ether oxygens (including phenoxy) is 1. The molecule has 0 saturated carbocycles. The van der Waals surface area contributed by atoms with Gasteiger partial charge in [-0.25, -0.2) is 9.37 Å². The topological polar surface area (TPSA) is 39.2 Å². The second-order valence-electron chi connectivity index (χ2n) is 6.77. The first-order valence-corrected chi connectivity index (χ1v) is 10.3. The first-order chi connectivity index (χ1) is 13.6. The van der Waals surface area contributed by atoms with Gasteiger partial charge in [0.15, 0.2) is 0 Å². The second-order valence-corrected chi connectivity index (χ2v) is 7.69. The highest BCUT2D eigenvalue weighted by molar-refractivity contribution is 7.09. The van der Waals surface area contributed by atoms with Crippen molar-refractivity contribution >= 4 is 17.3 Å². The Bertz CT molecular complexity index is 865. The zero-order valence-electron chi connectivity index (χ0n) is 16.0. The summed E-state index contributed by atoms with van der Waals surface area (Å²) in [5.74, 6) is -0.762. The summed E-state index contributed by atoms with van der Waals surface area (Å²) in [5, 5.41) is 2.65. The number of esters is 1. The zero-order valence-corrected chi connectivity index (χ0v) is 16.9. The molecule has 146 valence electrons. The Morgan fingerprint density at radius 3 is 2.43 bits per heavy atom. The van der Waals surface area contributed by atoms with Crippen molar-refractivity contribution in [1.29, 1.82) is 0 Å². The molecule has 0 radical (unpaired) electrons. The van der Waals surface area contributed by atoms with Gasteiger partial charge in [-0.2, -0.15) is 0 Å². The van der Waals surface area contributed by atoms with Gasteiger partial charge in [-0.15, -0.1) is 11.3 Å². The van der Waals surface area contributed by atoms with Crippen LogP contribution in [0.1, 0.15) is 54.2 Å². The lowest BCUT2D eigenvalue weighted by atomic mass is 9.77. The van der Waals surface area contributed by atoms with Crippen LogP contribution in [0.2, 0.25) is 0 Å². The fourth-order valence-electron chi connectivity index (χ4n) is 3.53. The van der Waals surface area contributed by atoms with Crippen LogP contribution in [0.3, 0.4) is 0 Å². The van der Waals surface area contributed by atoms with Gasteiger partial charge < -0.3 is 4.74 Å². The van der Waals surface area contributed by atoms with Crippen LogP contribution in [0.4, 0.5) is 4.39 Å². The van der Waals surface area contributed by atoms with Gasteiger partial charge in [0.2, 0.25) is 0 Å². The number of benzene rings is 2. The molecule has 0 aliphatic rings. The third-order valence-electron chi connectivity index (χ3n) is 5.04. The Kier molecular flexibility index (Phi) is 6.93. The van der Waals surface area contributed by atoms with Crippen LogP contribution in [-0.2, 0) is 9.53 Å². The van der Waals surface area contributed by atoms with E-state index in [1.54, 1.807) is 6.20 Å². The van der Waals surface area contributed by atoms with Crippen molar-refractivity contribution in [2.45, 2.75) is 38.0 Å². The minimum Gasteiger partial charge on any atom is -0.465 e. The smallest absolute Gasteiger partial charge is 0.315 e. The number of aromatic nitrogens is 1. The summed E-state index contributed by atoms with van der Waals surface area (Å²) >= 11 is 1.47. The molecule has 3 nitrogen and oxygen atoms in total. The number of thiazole rings is 1. The molecule has 5 heteroatoms. The predicted octanol–water partition coefficient (Wildman–Crippen LogP) is 5.91. The van der Waals surface area contributed by atoms with E-state index < -0.39 is 5.92 Å². The molecule has 3 rings (SSSR count). The maximum absolute atomic E-state index is 13.4. The van der Waals surface area contributed by atoms with Gasteiger partial charge in [0.05, 0.1) is 6.61 Å². The second kappa shape index (κ2) is 9.60. The molecule has 0 amide bonds. The van der Waals surface area contributed by atoms with E-state index >= 15 is 0 Å². The van der Waals surface area contributed by atoms with E-state index in [0.29, 0.717) is 13.0 Å². The number of carbonyl (C=O) groups is 1. The van der Waals surface area contributed by atoms with E-state index in [9.17, 15) is 9.18 Å². The summed E-state index contributed by atoms with van der Waals surface area (Å²) in [7, 11) is 0. The van der Waals surface area contributed by atoms with Crippen LogP contribution < -0.4 is 0 Å². The Morgan fingerprint density at radius 2 is 1.82 bits per heavy atom. The van der Waals surface area contributed by atoms with Crippen LogP contribution in [0, 0.1) is 5.82 Å². The molecule has 0 aliphatic heterocycles. The van der Waals surface area contributed by atoms with Crippen LogP contribution in [0.15, 0.2) is 66.2 Å². The Hall–Kier alpha value is -2.53. The number of nitrogens with zero attached hydrogens (tertiary/aromatic N) is 1.